The van der Waals surface area contributed by atoms with Crippen LogP contribution in [0.4, 0.5) is 5.13 Å². The summed E-state index contributed by atoms with van der Waals surface area (Å²) in [6, 6.07) is 13.3. The maximum absolute atomic E-state index is 13.0. The lowest BCUT2D eigenvalue weighted by Crippen LogP contribution is -2.29. The predicted octanol–water partition coefficient (Wildman–Crippen LogP) is 5.32. The number of anilines is 1. The van der Waals surface area contributed by atoms with Crippen LogP contribution < -0.4 is 9.64 Å². The van der Waals surface area contributed by atoms with E-state index in [1.54, 1.807) is 35.8 Å². The lowest BCUT2D eigenvalue weighted by Gasteiger charge is -2.23. The number of carbonyl (C=O) groups excluding carboxylic acids is 2. The third kappa shape index (κ3) is 4.13. The molecule has 1 N–H and O–H groups in total. The molecular weight excluding hydrogens is 480 g/mol. The van der Waals surface area contributed by atoms with Gasteiger partial charge in [0, 0.05) is 21.6 Å². The number of aliphatic hydroxyl groups is 1. The minimum absolute atomic E-state index is 0.0135. The highest BCUT2D eigenvalue weighted by atomic mass is 79.9. The van der Waals surface area contributed by atoms with Gasteiger partial charge in [0.2, 0.25) is 0 Å². The Labute approximate surface area is 191 Å². The van der Waals surface area contributed by atoms with Crippen LogP contribution in [0.1, 0.15) is 31.0 Å². The molecule has 0 spiro atoms. The van der Waals surface area contributed by atoms with E-state index in [9.17, 15) is 14.7 Å². The molecule has 0 bridgehead atoms. The normalized spacial score (nSPS) is 18.1. The van der Waals surface area contributed by atoms with Crippen molar-refractivity contribution >= 4 is 49.8 Å². The summed E-state index contributed by atoms with van der Waals surface area (Å²) < 4.78 is 6.44. The van der Waals surface area contributed by atoms with Crippen molar-refractivity contribution in [2.45, 2.75) is 26.0 Å². The predicted molar refractivity (Wildman–Crippen MR) is 123 cm³/mol. The number of halogens is 1. The highest BCUT2D eigenvalue weighted by Gasteiger charge is 2.48. The molecule has 2 heterocycles. The third-order valence-corrected chi connectivity index (χ3v) is 6.00. The van der Waals surface area contributed by atoms with Crippen molar-refractivity contribution in [1.82, 2.24) is 4.98 Å². The second kappa shape index (κ2) is 8.64. The lowest BCUT2D eigenvalue weighted by atomic mass is 9.95. The number of ether oxygens (including phenoxy) is 1. The third-order valence-electron chi connectivity index (χ3n) is 4.73. The number of aromatic nitrogens is 1. The first-order chi connectivity index (χ1) is 14.9. The Balaban J connectivity index is 1.85. The summed E-state index contributed by atoms with van der Waals surface area (Å²) in [7, 11) is 0. The van der Waals surface area contributed by atoms with E-state index in [1.165, 1.54) is 16.2 Å². The number of ketones is 1. The average Bonchev–Trinajstić information content (AvgIpc) is 3.35. The van der Waals surface area contributed by atoms with Crippen LogP contribution in [0.2, 0.25) is 0 Å². The summed E-state index contributed by atoms with van der Waals surface area (Å²) >= 11 is 4.70. The molecular formula is C23H19BrN2O4S. The SMILES string of the molecule is CC(C)Oc1ccc(C(O)=C2C(=O)C(=O)N(c3nccs3)C2c2cccc(Br)c2)cc1. The van der Waals surface area contributed by atoms with Crippen molar-refractivity contribution in [3.8, 4) is 5.75 Å². The average molecular weight is 499 g/mol. The number of hydrogen-bond acceptors (Lipinski definition) is 6. The Morgan fingerprint density at radius 2 is 1.94 bits per heavy atom. The number of rotatable bonds is 5. The van der Waals surface area contributed by atoms with Crippen LogP contribution >= 0.6 is 27.3 Å². The molecule has 6 nitrogen and oxygen atoms in total. The fourth-order valence-electron chi connectivity index (χ4n) is 3.48. The molecule has 158 valence electrons. The van der Waals surface area contributed by atoms with Crippen LogP contribution in [0.15, 0.2) is 70.2 Å². The molecule has 0 aliphatic carbocycles. The van der Waals surface area contributed by atoms with Gasteiger partial charge in [0.1, 0.15) is 11.5 Å². The number of hydrogen-bond donors (Lipinski definition) is 1. The van der Waals surface area contributed by atoms with Gasteiger partial charge in [0.05, 0.1) is 17.7 Å². The van der Waals surface area contributed by atoms with E-state index in [2.05, 4.69) is 20.9 Å². The molecule has 1 aliphatic rings. The Morgan fingerprint density at radius 3 is 2.55 bits per heavy atom. The molecule has 31 heavy (non-hydrogen) atoms. The monoisotopic (exact) mass is 498 g/mol. The second-order valence-electron chi connectivity index (χ2n) is 7.23. The van der Waals surface area contributed by atoms with E-state index in [0.717, 1.165) is 4.47 Å². The quantitative estimate of drug-likeness (QED) is 0.292. The van der Waals surface area contributed by atoms with Crippen molar-refractivity contribution in [1.29, 1.82) is 0 Å². The maximum Gasteiger partial charge on any atom is 0.301 e. The molecule has 1 unspecified atom stereocenters. The van der Waals surface area contributed by atoms with Crippen LogP contribution in [0.25, 0.3) is 5.76 Å². The van der Waals surface area contributed by atoms with Gasteiger partial charge < -0.3 is 9.84 Å². The maximum atomic E-state index is 13.0. The van der Waals surface area contributed by atoms with Crippen molar-refractivity contribution in [2.75, 3.05) is 4.90 Å². The molecule has 1 amide bonds. The molecule has 1 aromatic heterocycles. The molecule has 1 atom stereocenters. The van der Waals surface area contributed by atoms with Gasteiger partial charge in [-0.3, -0.25) is 14.5 Å². The van der Waals surface area contributed by atoms with Gasteiger partial charge in [-0.15, -0.1) is 11.3 Å². The molecule has 0 radical (unpaired) electrons. The van der Waals surface area contributed by atoms with Gasteiger partial charge in [-0.05, 0) is 55.8 Å². The number of amides is 1. The standard InChI is InChI=1S/C23H19BrN2O4S/c1-13(2)30-17-8-6-14(7-9-17)20(27)18-19(15-4-3-5-16(24)12-15)26(22(29)21(18)28)23-25-10-11-31-23/h3-13,19,27H,1-2H3. The molecule has 0 saturated carbocycles. The molecule has 2 aromatic carbocycles. The van der Waals surface area contributed by atoms with Crippen molar-refractivity contribution in [3.05, 3.63) is 81.3 Å². The summed E-state index contributed by atoms with van der Waals surface area (Å²) in [5.74, 6) is -1.06. The van der Waals surface area contributed by atoms with E-state index in [0.29, 0.717) is 22.0 Å². The topological polar surface area (TPSA) is 79.7 Å². The van der Waals surface area contributed by atoms with E-state index in [1.807, 2.05) is 38.1 Å². The zero-order valence-corrected chi connectivity index (χ0v) is 19.2. The number of carbonyl (C=O) groups is 2. The number of thiazole rings is 1. The molecule has 4 rings (SSSR count). The Bertz CT molecular complexity index is 1160. The molecule has 1 fully saturated rings. The fourth-order valence-corrected chi connectivity index (χ4v) is 4.56. The lowest BCUT2D eigenvalue weighted by molar-refractivity contribution is -0.132. The molecule has 1 aliphatic heterocycles. The minimum atomic E-state index is -0.796. The number of benzene rings is 2. The van der Waals surface area contributed by atoms with Crippen LogP contribution in [-0.4, -0.2) is 27.9 Å². The summed E-state index contributed by atoms with van der Waals surface area (Å²) in [6.07, 6.45) is 1.59. The number of nitrogens with zero attached hydrogens (tertiary/aromatic N) is 2. The van der Waals surface area contributed by atoms with Crippen LogP contribution in [0.3, 0.4) is 0 Å². The highest BCUT2D eigenvalue weighted by Crippen LogP contribution is 2.43. The first-order valence-electron chi connectivity index (χ1n) is 9.60. The van der Waals surface area contributed by atoms with Crippen molar-refractivity contribution < 1.29 is 19.4 Å². The van der Waals surface area contributed by atoms with Crippen molar-refractivity contribution in [2.24, 2.45) is 0 Å². The zero-order chi connectivity index (χ0) is 22.1. The Kier molecular flexibility index (Phi) is 5.93. The van der Waals surface area contributed by atoms with Gasteiger partial charge in [0.15, 0.2) is 5.13 Å². The summed E-state index contributed by atoms with van der Waals surface area (Å²) in [5, 5.41) is 13.2. The van der Waals surface area contributed by atoms with E-state index in [4.69, 9.17) is 4.74 Å². The minimum Gasteiger partial charge on any atom is -0.507 e. The van der Waals surface area contributed by atoms with E-state index in [-0.39, 0.29) is 17.4 Å². The van der Waals surface area contributed by atoms with E-state index < -0.39 is 17.7 Å². The summed E-state index contributed by atoms with van der Waals surface area (Å²) in [4.78, 5) is 31.6. The Morgan fingerprint density at radius 1 is 1.19 bits per heavy atom. The highest BCUT2D eigenvalue weighted by molar-refractivity contribution is 9.10. The molecule has 8 heteroatoms. The van der Waals surface area contributed by atoms with Crippen LogP contribution in [0.5, 0.6) is 5.75 Å². The van der Waals surface area contributed by atoms with Gasteiger partial charge in [0.25, 0.3) is 5.78 Å². The van der Waals surface area contributed by atoms with Gasteiger partial charge in [-0.25, -0.2) is 4.98 Å². The van der Waals surface area contributed by atoms with Gasteiger partial charge in [-0.2, -0.15) is 0 Å². The van der Waals surface area contributed by atoms with Gasteiger partial charge >= 0.3 is 5.91 Å². The Hall–Kier alpha value is -2.97. The van der Waals surface area contributed by atoms with Crippen molar-refractivity contribution in [3.63, 3.8) is 0 Å². The first kappa shape index (κ1) is 21.3. The smallest absolute Gasteiger partial charge is 0.301 e. The number of Topliss-reactive ketones (excluding diaryl/α,β-unsaturated/α-hetero) is 1. The first-order valence-corrected chi connectivity index (χ1v) is 11.3. The zero-order valence-electron chi connectivity index (χ0n) is 16.8. The molecule has 3 aromatic rings. The van der Waals surface area contributed by atoms with Crippen LogP contribution in [0, 0.1) is 0 Å². The van der Waals surface area contributed by atoms with Gasteiger partial charge in [-0.1, -0.05) is 28.1 Å². The second-order valence-corrected chi connectivity index (χ2v) is 9.02. The number of aliphatic hydroxyl groups excluding tert-OH is 1. The summed E-state index contributed by atoms with van der Waals surface area (Å²) in [5.41, 5.74) is 1.13. The van der Waals surface area contributed by atoms with Crippen LogP contribution in [-0.2, 0) is 9.59 Å². The largest absolute Gasteiger partial charge is 0.507 e. The molecule has 1 saturated heterocycles. The summed E-state index contributed by atoms with van der Waals surface area (Å²) in [6.45, 7) is 3.85. The fraction of sp³-hybridized carbons (Fsp3) is 0.174. The van der Waals surface area contributed by atoms with E-state index >= 15 is 0 Å².